The van der Waals surface area contributed by atoms with Crippen molar-refractivity contribution in [3.05, 3.63) is 34.1 Å². The van der Waals surface area contributed by atoms with Gasteiger partial charge in [0.15, 0.2) is 0 Å². The Morgan fingerprint density at radius 3 is 2.58 bits per heavy atom. The van der Waals surface area contributed by atoms with Crippen LogP contribution in [-0.2, 0) is 10.0 Å². The summed E-state index contributed by atoms with van der Waals surface area (Å²) in [6.45, 7) is 0.569. The maximum Gasteiger partial charge on any atom is 0.272 e. The number of hydrogen-bond donors (Lipinski definition) is 1. The Balaban J connectivity index is 3.12. The van der Waals surface area contributed by atoms with Gasteiger partial charge in [0.2, 0.25) is 10.0 Å². The third kappa shape index (κ3) is 3.46. The van der Waals surface area contributed by atoms with Gasteiger partial charge in [-0.2, -0.15) is 4.31 Å². The number of hydrogen-bond acceptors (Lipinski definition) is 5. The van der Waals surface area contributed by atoms with Crippen LogP contribution in [0.15, 0.2) is 23.1 Å². The molecule has 0 aromatic heterocycles. The van der Waals surface area contributed by atoms with Crippen LogP contribution in [0.5, 0.6) is 0 Å². The SMILES string of the molecule is CNCCN(C)S(=O)(=O)c1ccc([N+](=O)[O-])cc1F. The van der Waals surface area contributed by atoms with Gasteiger partial charge in [-0.1, -0.05) is 0 Å². The zero-order valence-corrected chi connectivity index (χ0v) is 11.3. The lowest BCUT2D eigenvalue weighted by molar-refractivity contribution is -0.385. The molecular formula is C10H14FN3O4S. The molecule has 0 fully saturated rings. The van der Waals surface area contributed by atoms with Gasteiger partial charge in [0.1, 0.15) is 10.7 Å². The van der Waals surface area contributed by atoms with E-state index >= 15 is 0 Å². The molecule has 1 aromatic rings. The third-order valence-corrected chi connectivity index (χ3v) is 4.38. The summed E-state index contributed by atoms with van der Waals surface area (Å²) in [5.41, 5.74) is -0.491. The maximum atomic E-state index is 13.7. The average molecular weight is 291 g/mol. The van der Waals surface area contributed by atoms with Crippen molar-refractivity contribution in [1.29, 1.82) is 0 Å². The molecular weight excluding hydrogens is 277 g/mol. The van der Waals surface area contributed by atoms with E-state index in [0.29, 0.717) is 12.6 Å². The van der Waals surface area contributed by atoms with Gasteiger partial charge in [0.05, 0.1) is 11.0 Å². The van der Waals surface area contributed by atoms with Crippen molar-refractivity contribution in [2.24, 2.45) is 0 Å². The molecule has 9 heteroatoms. The minimum atomic E-state index is -3.99. The molecule has 0 radical (unpaired) electrons. The minimum Gasteiger partial charge on any atom is -0.318 e. The molecule has 1 aromatic carbocycles. The molecule has 1 rings (SSSR count). The van der Waals surface area contributed by atoms with Crippen LogP contribution in [0.2, 0.25) is 0 Å². The Kier molecular flexibility index (Phi) is 4.92. The summed E-state index contributed by atoms with van der Waals surface area (Å²) in [5.74, 6) is -1.13. The average Bonchev–Trinajstić information content (AvgIpc) is 2.35. The number of nitro groups is 1. The second-order valence-electron chi connectivity index (χ2n) is 3.80. The number of likely N-dealkylation sites (N-methyl/N-ethyl adjacent to an activating group) is 2. The molecule has 0 saturated carbocycles. The molecule has 0 bridgehead atoms. The molecule has 0 atom stereocenters. The summed E-state index contributed by atoms with van der Waals surface area (Å²) in [6.07, 6.45) is 0. The summed E-state index contributed by atoms with van der Waals surface area (Å²) < 4.78 is 38.7. The topological polar surface area (TPSA) is 92.6 Å². The monoisotopic (exact) mass is 291 g/mol. The van der Waals surface area contributed by atoms with E-state index in [2.05, 4.69) is 5.32 Å². The van der Waals surface area contributed by atoms with Crippen LogP contribution >= 0.6 is 0 Å². The van der Waals surface area contributed by atoms with Gasteiger partial charge >= 0.3 is 0 Å². The van der Waals surface area contributed by atoms with Crippen LogP contribution in [0.1, 0.15) is 0 Å². The van der Waals surface area contributed by atoms with Crippen LogP contribution in [0.25, 0.3) is 0 Å². The highest BCUT2D eigenvalue weighted by molar-refractivity contribution is 7.89. The van der Waals surface area contributed by atoms with Crippen molar-refractivity contribution in [3.8, 4) is 0 Å². The van der Waals surface area contributed by atoms with Gasteiger partial charge in [0.25, 0.3) is 5.69 Å². The van der Waals surface area contributed by atoms with E-state index in [9.17, 15) is 22.9 Å². The van der Waals surface area contributed by atoms with Crippen LogP contribution in [0.4, 0.5) is 10.1 Å². The number of nitro benzene ring substituents is 1. The van der Waals surface area contributed by atoms with Crippen molar-refractivity contribution in [3.63, 3.8) is 0 Å². The number of sulfonamides is 1. The van der Waals surface area contributed by atoms with E-state index in [0.717, 1.165) is 16.4 Å². The van der Waals surface area contributed by atoms with E-state index in [4.69, 9.17) is 0 Å². The first-order valence-electron chi connectivity index (χ1n) is 5.35. The predicted molar refractivity (Wildman–Crippen MR) is 66.8 cm³/mol. The number of non-ortho nitro benzene ring substituents is 1. The van der Waals surface area contributed by atoms with E-state index in [1.807, 2.05) is 0 Å². The summed E-state index contributed by atoms with van der Waals surface area (Å²) in [5, 5.41) is 13.2. The molecule has 0 unspecified atom stereocenters. The standard InChI is InChI=1S/C10H14FN3O4S/c1-12-5-6-13(2)19(17,18)10-4-3-8(14(15)16)7-9(10)11/h3-4,7,12H,5-6H2,1-2H3. The number of halogens is 1. The van der Waals surface area contributed by atoms with Gasteiger partial charge in [-0.3, -0.25) is 10.1 Å². The molecule has 0 aliphatic carbocycles. The van der Waals surface area contributed by atoms with Gasteiger partial charge in [-0.25, -0.2) is 12.8 Å². The van der Waals surface area contributed by atoms with Gasteiger partial charge < -0.3 is 5.32 Å². The van der Waals surface area contributed by atoms with Crippen molar-refractivity contribution in [1.82, 2.24) is 9.62 Å². The lowest BCUT2D eigenvalue weighted by Gasteiger charge is -2.17. The summed E-state index contributed by atoms with van der Waals surface area (Å²) in [6, 6.07) is 2.46. The van der Waals surface area contributed by atoms with E-state index in [1.54, 1.807) is 7.05 Å². The van der Waals surface area contributed by atoms with Crippen LogP contribution < -0.4 is 5.32 Å². The summed E-state index contributed by atoms with van der Waals surface area (Å²) >= 11 is 0. The fourth-order valence-electron chi connectivity index (χ4n) is 1.37. The lowest BCUT2D eigenvalue weighted by atomic mass is 10.3. The first-order valence-corrected chi connectivity index (χ1v) is 6.79. The van der Waals surface area contributed by atoms with Gasteiger partial charge in [-0.15, -0.1) is 0 Å². The summed E-state index contributed by atoms with van der Waals surface area (Å²) in [4.78, 5) is 9.10. The van der Waals surface area contributed by atoms with E-state index in [-0.39, 0.29) is 6.54 Å². The molecule has 0 aliphatic rings. The molecule has 7 nitrogen and oxygen atoms in total. The number of benzene rings is 1. The fourth-order valence-corrected chi connectivity index (χ4v) is 2.58. The van der Waals surface area contributed by atoms with Crippen LogP contribution in [0.3, 0.4) is 0 Å². The minimum absolute atomic E-state index is 0.162. The molecule has 19 heavy (non-hydrogen) atoms. The Labute approximate surface area is 110 Å². The number of rotatable bonds is 6. The molecule has 0 amide bonds. The predicted octanol–water partition coefficient (Wildman–Crippen LogP) is 0.574. The number of nitrogens with zero attached hydrogens (tertiary/aromatic N) is 2. The van der Waals surface area contributed by atoms with Crippen molar-refractivity contribution in [2.75, 3.05) is 27.2 Å². The highest BCUT2D eigenvalue weighted by Gasteiger charge is 2.25. The largest absolute Gasteiger partial charge is 0.318 e. The van der Waals surface area contributed by atoms with Crippen molar-refractivity contribution in [2.45, 2.75) is 4.90 Å². The van der Waals surface area contributed by atoms with Crippen LogP contribution in [-0.4, -0.2) is 44.8 Å². The van der Waals surface area contributed by atoms with Gasteiger partial charge in [0, 0.05) is 26.2 Å². The Hall–Kier alpha value is -1.58. The Morgan fingerprint density at radius 1 is 1.47 bits per heavy atom. The smallest absolute Gasteiger partial charge is 0.272 e. The highest BCUT2D eigenvalue weighted by atomic mass is 32.2. The molecule has 0 spiro atoms. The summed E-state index contributed by atoms with van der Waals surface area (Å²) in [7, 11) is -1.02. The Bertz CT molecular complexity index is 576. The second kappa shape index (κ2) is 6.04. The van der Waals surface area contributed by atoms with Crippen molar-refractivity contribution >= 4 is 15.7 Å². The molecule has 106 valence electrons. The zero-order chi connectivity index (χ0) is 14.6. The molecule has 1 N–H and O–H groups in total. The van der Waals surface area contributed by atoms with Crippen molar-refractivity contribution < 1.29 is 17.7 Å². The number of nitrogens with one attached hydrogen (secondary N) is 1. The maximum absolute atomic E-state index is 13.7. The highest BCUT2D eigenvalue weighted by Crippen LogP contribution is 2.22. The molecule has 0 heterocycles. The van der Waals surface area contributed by atoms with Gasteiger partial charge in [-0.05, 0) is 13.1 Å². The van der Waals surface area contributed by atoms with E-state index < -0.39 is 31.3 Å². The first kappa shape index (κ1) is 15.5. The Morgan fingerprint density at radius 2 is 2.11 bits per heavy atom. The third-order valence-electron chi connectivity index (χ3n) is 2.49. The molecule has 0 saturated heterocycles. The van der Waals surface area contributed by atoms with E-state index in [1.165, 1.54) is 7.05 Å². The first-order chi connectivity index (χ1) is 8.80. The molecule has 0 aliphatic heterocycles. The second-order valence-corrected chi connectivity index (χ2v) is 5.82. The normalized spacial score (nSPS) is 11.8. The lowest BCUT2D eigenvalue weighted by Crippen LogP contribution is -2.33. The zero-order valence-electron chi connectivity index (χ0n) is 10.5. The fraction of sp³-hybridized carbons (Fsp3) is 0.400. The quantitative estimate of drug-likeness (QED) is 0.611. The van der Waals surface area contributed by atoms with Crippen LogP contribution in [0, 0.1) is 15.9 Å².